The normalized spacial score (nSPS) is 20.7. The van der Waals surface area contributed by atoms with Gasteiger partial charge in [0, 0.05) is 69.1 Å². The van der Waals surface area contributed by atoms with Gasteiger partial charge in [0.1, 0.15) is 42.9 Å². The van der Waals surface area contributed by atoms with Gasteiger partial charge in [0.15, 0.2) is 0 Å². The van der Waals surface area contributed by atoms with Crippen LogP contribution in [0.1, 0.15) is 74.7 Å². The number of ether oxygens (including phenoxy) is 12. The number of carbonyl (C=O) groups excluding carboxylic acids is 8. The third-order valence-corrected chi connectivity index (χ3v) is 14.5. The fourth-order valence-electron chi connectivity index (χ4n) is 5.94. The number of hydrogen-bond acceptors (Lipinski definition) is 36. The van der Waals surface area contributed by atoms with Crippen LogP contribution in [0.5, 0.6) is 0 Å². The zero-order chi connectivity index (χ0) is 58.6. The minimum Gasteiger partial charge on any atom is -0.438 e. The summed E-state index contributed by atoms with van der Waals surface area (Å²) in [5.41, 5.74) is -2.63. The van der Waals surface area contributed by atoms with Crippen LogP contribution in [-0.2, 0) is 168 Å². The zero-order valence-electron chi connectivity index (χ0n) is 43.5. The van der Waals surface area contributed by atoms with E-state index in [1.165, 1.54) is 7.11 Å². The van der Waals surface area contributed by atoms with Crippen molar-refractivity contribution < 1.29 is 168 Å². The maximum absolute atomic E-state index is 15.1. The van der Waals surface area contributed by atoms with Crippen molar-refractivity contribution in [3.05, 3.63) is 0 Å². The molecule has 2 rings (SSSR count). The van der Waals surface area contributed by atoms with E-state index in [-0.39, 0.29) is 32.7 Å². The molecule has 0 aromatic carbocycles. The van der Waals surface area contributed by atoms with Crippen LogP contribution in [-0.4, -0.2) is 172 Å². The van der Waals surface area contributed by atoms with Gasteiger partial charge in [-0.2, -0.15) is 0 Å². The summed E-state index contributed by atoms with van der Waals surface area (Å²) in [6.45, 7) is -4.94. The fraction of sp³-hybridized carbons (Fsp3) is 0.789. The average molecular weight is 1220 g/mol. The Morgan fingerprint density at radius 2 is 0.718 bits per heavy atom. The molecule has 1 aliphatic carbocycles. The molecule has 1 saturated carbocycles. The van der Waals surface area contributed by atoms with E-state index in [2.05, 4.69) is 0 Å². The Morgan fingerprint density at radius 3 is 1.04 bits per heavy atom. The molecule has 0 N–H and O–H groups in total. The summed E-state index contributed by atoms with van der Waals surface area (Å²) in [5, 5.41) is 0. The predicted molar refractivity (Wildman–Crippen MR) is 242 cm³/mol. The minimum atomic E-state index is -5.79. The molecule has 78 heavy (non-hydrogen) atoms. The molecule has 2 aliphatic rings. The van der Waals surface area contributed by atoms with Gasteiger partial charge in [0.2, 0.25) is 54.3 Å². The van der Waals surface area contributed by atoms with Crippen molar-refractivity contribution in [2.75, 3.05) is 88.1 Å². The lowest BCUT2D eigenvalue weighted by atomic mass is 9.72. The first-order valence-corrected chi connectivity index (χ1v) is 28.1. The number of phosphoric acid groups is 4. The monoisotopic (exact) mass is 1220 g/mol. The highest BCUT2D eigenvalue weighted by molar-refractivity contribution is 7.49. The molecule has 0 aromatic heterocycles. The van der Waals surface area contributed by atoms with E-state index in [0.29, 0.717) is 0 Å². The Labute approximate surface area is 444 Å². The fourth-order valence-corrected chi connectivity index (χ4v) is 10.4. The minimum absolute atomic E-state index is 0.0424. The van der Waals surface area contributed by atoms with Gasteiger partial charge in [-0.25, -0.2) is 54.5 Å². The summed E-state index contributed by atoms with van der Waals surface area (Å²) in [7, 11) is -21.5. The number of rotatable bonds is 38. The average Bonchev–Trinajstić information content (AvgIpc) is 3.58. The Kier molecular flexibility index (Phi) is 31.5. The number of hydrogen-bond donors (Lipinski definition) is 0. The lowest BCUT2D eigenvalue weighted by molar-refractivity contribution is -0.299. The molecule has 1 saturated heterocycles. The first-order chi connectivity index (χ1) is 36.6. The summed E-state index contributed by atoms with van der Waals surface area (Å²) < 4.78 is 188. The Bertz CT molecular complexity index is 2080. The highest BCUT2D eigenvalue weighted by atomic mass is 31.2. The van der Waals surface area contributed by atoms with Gasteiger partial charge in [-0.3, -0.25) is 56.5 Å². The second-order valence-corrected chi connectivity index (χ2v) is 21.4. The molecule has 36 nitrogen and oxygen atoms in total. The van der Waals surface area contributed by atoms with Crippen molar-refractivity contribution in [1.29, 1.82) is 0 Å². The summed E-state index contributed by atoms with van der Waals surface area (Å²) in [6.07, 6.45) is -13.4. The van der Waals surface area contributed by atoms with Crippen LogP contribution < -0.4 is 0 Å². The van der Waals surface area contributed by atoms with E-state index in [1.54, 1.807) is 0 Å². The third kappa shape index (κ3) is 26.5. The lowest BCUT2D eigenvalue weighted by Gasteiger charge is -2.55. The second-order valence-electron chi connectivity index (χ2n) is 15.0. The Morgan fingerprint density at radius 1 is 0.410 bits per heavy atom. The van der Waals surface area contributed by atoms with E-state index in [1.807, 2.05) is 0 Å². The van der Waals surface area contributed by atoms with Crippen molar-refractivity contribution in [3.8, 4) is 0 Å². The third-order valence-electron chi connectivity index (χ3n) is 9.09. The standard InChI is InChI=1S/C38H62O36P4/c1-25(39)54-17-63-75(47,64-18-55-26(2)40)71-33-34(72-76(48,65-19-56-27(3)41)66-20-57-28(4)42)36-38(12-10-11-13-53-36,62-16-52-15-14-51-9)37(74-78(50,69-23-60-31(7)45)70-24-61-32(8)46)35(33)73-77(49,67-21-58-29(5)43)68-22-59-30(6)44/h33-37H,10-24H2,1-9H3/t33-,34-,35+,36-,37-,38+/m1/s1. The molecule has 0 radical (unpaired) electrons. The van der Waals surface area contributed by atoms with Crippen molar-refractivity contribution >= 4 is 79.0 Å². The molecule has 1 heterocycles. The van der Waals surface area contributed by atoms with E-state index in [4.69, 9.17) is 111 Å². The lowest BCUT2D eigenvalue weighted by Crippen LogP contribution is -2.73. The van der Waals surface area contributed by atoms with Crippen molar-refractivity contribution in [2.45, 2.75) is 111 Å². The molecule has 1 aliphatic heterocycles. The van der Waals surface area contributed by atoms with Crippen LogP contribution in [0.2, 0.25) is 0 Å². The van der Waals surface area contributed by atoms with Crippen LogP contribution in [0, 0.1) is 0 Å². The number of fused-ring (bicyclic) bond motifs is 1. The summed E-state index contributed by atoms with van der Waals surface area (Å²) in [4.78, 5) is 95.4. The van der Waals surface area contributed by atoms with Gasteiger partial charge in [-0.05, 0) is 19.3 Å². The Hall–Kier alpha value is -3.96. The predicted octanol–water partition coefficient (Wildman–Crippen LogP) is 3.22. The van der Waals surface area contributed by atoms with Crippen LogP contribution in [0.3, 0.4) is 0 Å². The van der Waals surface area contributed by atoms with E-state index >= 15 is 13.7 Å². The van der Waals surface area contributed by atoms with Gasteiger partial charge in [-0.1, -0.05) is 0 Å². The quantitative estimate of drug-likeness (QED) is 0.0281. The van der Waals surface area contributed by atoms with Gasteiger partial charge in [-0.15, -0.1) is 0 Å². The summed E-state index contributed by atoms with van der Waals surface area (Å²) in [6, 6.07) is 0. The molecule has 0 spiro atoms. The van der Waals surface area contributed by atoms with Crippen LogP contribution in [0.4, 0.5) is 0 Å². The number of methoxy groups -OCH3 is 1. The van der Waals surface area contributed by atoms with Crippen molar-refractivity contribution in [1.82, 2.24) is 0 Å². The van der Waals surface area contributed by atoms with Crippen LogP contribution in [0.25, 0.3) is 0 Å². The smallest absolute Gasteiger partial charge is 0.438 e. The van der Waals surface area contributed by atoms with E-state index in [9.17, 15) is 42.9 Å². The largest absolute Gasteiger partial charge is 0.481 e. The highest BCUT2D eigenvalue weighted by Gasteiger charge is 2.69. The molecular formula is C38H62O36P4. The van der Waals surface area contributed by atoms with Crippen molar-refractivity contribution in [2.24, 2.45) is 0 Å². The van der Waals surface area contributed by atoms with Gasteiger partial charge in [0.05, 0.1) is 13.2 Å². The van der Waals surface area contributed by atoms with Gasteiger partial charge in [0.25, 0.3) is 0 Å². The van der Waals surface area contributed by atoms with Gasteiger partial charge >= 0.3 is 79.0 Å². The number of carbonyl (C=O) groups is 8. The molecule has 6 atom stereocenters. The molecule has 2 fully saturated rings. The molecule has 40 heteroatoms. The second kappa shape index (κ2) is 35.0. The zero-order valence-corrected chi connectivity index (χ0v) is 47.1. The maximum Gasteiger partial charge on any atom is 0.481 e. The van der Waals surface area contributed by atoms with Crippen molar-refractivity contribution in [3.63, 3.8) is 0 Å². The SMILES string of the molecule is COCCOCO[C@@]12CCCCO[C@@H]1[C@H](OP(=O)(OCOC(C)=O)OCOC(C)=O)[C@@H](OP(=O)(OCOC(C)=O)OCOC(C)=O)[C@H](OP(=O)(OCOC(C)=O)OCOC(C)=O)[C@H]2OP(=O)(OCOC(C)=O)OCOC(C)=O. The molecule has 0 unspecified atom stereocenters. The summed E-state index contributed by atoms with van der Waals surface area (Å²) in [5.74, 6) is -8.42. The molecule has 0 bridgehead atoms. The highest BCUT2D eigenvalue weighted by Crippen LogP contribution is 2.64. The van der Waals surface area contributed by atoms with E-state index < -0.39 is 183 Å². The molecular weight excluding hydrogens is 1160 g/mol. The first-order valence-electron chi connectivity index (χ1n) is 22.3. The molecule has 0 amide bonds. The van der Waals surface area contributed by atoms with E-state index in [0.717, 1.165) is 55.4 Å². The maximum atomic E-state index is 15.1. The van der Waals surface area contributed by atoms with Crippen LogP contribution in [0.15, 0.2) is 0 Å². The first kappa shape index (κ1) is 70.1. The van der Waals surface area contributed by atoms with Gasteiger partial charge < -0.3 is 56.8 Å². The Balaban J connectivity index is 3.42. The topological polar surface area (TPSA) is 426 Å². The number of esters is 8. The summed E-state index contributed by atoms with van der Waals surface area (Å²) >= 11 is 0. The molecule has 0 aromatic rings. The van der Waals surface area contributed by atoms with Crippen LogP contribution >= 0.6 is 31.3 Å². The molecule has 450 valence electrons. The number of phosphoric ester groups is 4.